The lowest BCUT2D eigenvalue weighted by Crippen LogP contribution is -2.15. The predicted molar refractivity (Wildman–Crippen MR) is 90.3 cm³/mol. The number of halogens is 1. The first-order valence-corrected chi connectivity index (χ1v) is 10.1. The quantitative estimate of drug-likeness (QED) is 0.667. The number of thiophene rings is 1. The summed E-state index contributed by atoms with van der Waals surface area (Å²) in [5.41, 5.74) is 0.992. The molecule has 8 heteroatoms. The van der Waals surface area contributed by atoms with Crippen LogP contribution in [0.2, 0.25) is 0 Å². The van der Waals surface area contributed by atoms with Gasteiger partial charge in [-0.25, -0.2) is 0 Å². The van der Waals surface area contributed by atoms with Crippen molar-refractivity contribution in [2.45, 2.75) is 17.7 Å². The van der Waals surface area contributed by atoms with E-state index in [1.54, 1.807) is 17.5 Å². The summed E-state index contributed by atoms with van der Waals surface area (Å²) in [7, 11) is -3.64. The molecule has 2 heterocycles. The fourth-order valence-electron chi connectivity index (χ4n) is 1.98. The molecule has 3 rings (SSSR count). The smallest absolute Gasteiger partial charge is 0.294 e. The SMILES string of the molecule is CCn1/c(=N/S(=O)(=O)c2cccs2)sc2cc(Br)ccc21. The van der Waals surface area contributed by atoms with E-state index in [1.165, 1.54) is 22.7 Å². The van der Waals surface area contributed by atoms with E-state index in [1.807, 2.05) is 29.7 Å². The third-order valence-corrected chi connectivity index (χ3v) is 7.20. The highest BCUT2D eigenvalue weighted by Crippen LogP contribution is 2.23. The third kappa shape index (κ3) is 2.85. The van der Waals surface area contributed by atoms with Gasteiger partial charge in [0.05, 0.1) is 10.2 Å². The van der Waals surface area contributed by atoms with E-state index >= 15 is 0 Å². The Morgan fingerprint density at radius 3 is 2.81 bits per heavy atom. The van der Waals surface area contributed by atoms with Crippen molar-refractivity contribution < 1.29 is 8.42 Å². The third-order valence-electron chi connectivity index (χ3n) is 2.91. The van der Waals surface area contributed by atoms with E-state index in [0.717, 1.165) is 14.7 Å². The number of hydrogen-bond donors (Lipinski definition) is 0. The van der Waals surface area contributed by atoms with Crippen LogP contribution in [0.4, 0.5) is 0 Å². The van der Waals surface area contributed by atoms with Gasteiger partial charge in [-0.2, -0.15) is 8.42 Å². The second-order valence-corrected chi connectivity index (χ2v) is 8.94. The Bertz CT molecular complexity index is 953. The van der Waals surface area contributed by atoms with E-state index in [0.29, 0.717) is 11.3 Å². The molecule has 0 aliphatic rings. The van der Waals surface area contributed by atoms with Gasteiger partial charge in [-0.3, -0.25) is 0 Å². The van der Waals surface area contributed by atoms with Gasteiger partial charge in [0.25, 0.3) is 10.0 Å². The van der Waals surface area contributed by atoms with Crippen molar-refractivity contribution in [3.8, 4) is 0 Å². The Kier molecular flexibility index (Phi) is 4.04. The van der Waals surface area contributed by atoms with Crippen LogP contribution >= 0.6 is 38.6 Å². The number of hydrogen-bond acceptors (Lipinski definition) is 4. The van der Waals surface area contributed by atoms with Gasteiger partial charge in [0.15, 0.2) is 0 Å². The highest BCUT2D eigenvalue weighted by atomic mass is 79.9. The number of thiazole rings is 1. The normalized spacial score (nSPS) is 13.1. The zero-order valence-electron chi connectivity index (χ0n) is 11.0. The summed E-state index contributed by atoms with van der Waals surface area (Å²) >= 11 is 5.99. The number of aryl methyl sites for hydroxylation is 1. The number of fused-ring (bicyclic) bond motifs is 1. The minimum atomic E-state index is -3.64. The number of aromatic nitrogens is 1. The molecule has 0 unspecified atom stereocenters. The van der Waals surface area contributed by atoms with Gasteiger partial charge in [-0.15, -0.1) is 15.7 Å². The maximum atomic E-state index is 12.3. The largest absolute Gasteiger partial charge is 0.316 e. The molecule has 110 valence electrons. The first-order valence-electron chi connectivity index (χ1n) is 6.14. The summed E-state index contributed by atoms with van der Waals surface area (Å²) < 4.78 is 32.8. The van der Waals surface area contributed by atoms with Crippen LogP contribution in [0.25, 0.3) is 10.2 Å². The minimum Gasteiger partial charge on any atom is -0.316 e. The van der Waals surface area contributed by atoms with E-state index in [2.05, 4.69) is 20.3 Å². The molecule has 2 aromatic heterocycles. The summed E-state index contributed by atoms with van der Waals surface area (Å²) in [6.07, 6.45) is 0. The molecular formula is C13H11BrN2O2S3. The van der Waals surface area contributed by atoms with Crippen LogP contribution in [-0.2, 0) is 16.6 Å². The first-order chi connectivity index (χ1) is 10.0. The number of benzene rings is 1. The van der Waals surface area contributed by atoms with Crippen molar-refractivity contribution in [1.82, 2.24) is 4.57 Å². The van der Waals surface area contributed by atoms with E-state index in [9.17, 15) is 8.42 Å². The lowest BCUT2D eigenvalue weighted by Gasteiger charge is -2.00. The molecule has 0 amide bonds. The molecule has 0 aliphatic carbocycles. The molecular weight excluding hydrogens is 392 g/mol. The highest BCUT2D eigenvalue weighted by Gasteiger charge is 2.15. The lowest BCUT2D eigenvalue weighted by atomic mass is 10.3. The van der Waals surface area contributed by atoms with Crippen LogP contribution in [0.5, 0.6) is 0 Å². The number of nitrogens with zero attached hydrogens (tertiary/aromatic N) is 2. The zero-order chi connectivity index (χ0) is 15.0. The van der Waals surface area contributed by atoms with E-state index < -0.39 is 10.0 Å². The number of rotatable bonds is 3. The fourth-order valence-corrected chi connectivity index (χ4v) is 5.80. The predicted octanol–water partition coefficient (Wildman–Crippen LogP) is 3.84. The van der Waals surface area contributed by atoms with Gasteiger partial charge in [0.2, 0.25) is 4.80 Å². The second-order valence-electron chi connectivity index (χ2n) is 4.24. The second kappa shape index (κ2) is 5.68. The van der Waals surface area contributed by atoms with Crippen molar-refractivity contribution in [2.75, 3.05) is 0 Å². The van der Waals surface area contributed by atoms with E-state index in [-0.39, 0.29) is 4.21 Å². The van der Waals surface area contributed by atoms with Crippen LogP contribution in [0.15, 0.2) is 48.8 Å². The van der Waals surface area contributed by atoms with Crippen molar-refractivity contribution in [3.05, 3.63) is 45.0 Å². The molecule has 0 spiro atoms. The summed E-state index contributed by atoms with van der Waals surface area (Å²) in [5.74, 6) is 0. The van der Waals surface area contributed by atoms with Crippen molar-refractivity contribution in [2.24, 2.45) is 4.40 Å². The Balaban J connectivity index is 2.27. The Morgan fingerprint density at radius 2 is 2.14 bits per heavy atom. The van der Waals surface area contributed by atoms with Crippen molar-refractivity contribution in [1.29, 1.82) is 0 Å². The standard InChI is InChI=1S/C13H11BrN2O2S3/c1-2-16-10-6-5-9(14)8-11(10)20-13(16)15-21(17,18)12-4-3-7-19-12/h3-8H,2H2,1H3/b15-13-. The molecule has 0 aliphatic heterocycles. The average molecular weight is 403 g/mol. The molecule has 4 nitrogen and oxygen atoms in total. The minimum absolute atomic E-state index is 0.267. The lowest BCUT2D eigenvalue weighted by molar-refractivity contribution is 0.597. The van der Waals surface area contributed by atoms with Crippen molar-refractivity contribution >= 4 is 58.8 Å². The molecule has 0 fully saturated rings. The molecule has 1 aromatic carbocycles. The molecule has 0 N–H and O–H groups in total. The first kappa shape index (κ1) is 15.0. The van der Waals surface area contributed by atoms with Crippen LogP contribution < -0.4 is 4.80 Å². The maximum Gasteiger partial charge on any atom is 0.294 e. The monoisotopic (exact) mass is 402 g/mol. The highest BCUT2D eigenvalue weighted by molar-refractivity contribution is 9.10. The van der Waals surface area contributed by atoms with E-state index in [4.69, 9.17) is 0 Å². The summed E-state index contributed by atoms with van der Waals surface area (Å²) in [6.45, 7) is 2.64. The van der Waals surface area contributed by atoms with Gasteiger partial charge >= 0.3 is 0 Å². The van der Waals surface area contributed by atoms with Gasteiger partial charge in [0, 0.05) is 11.0 Å². The molecule has 0 saturated carbocycles. The van der Waals surface area contributed by atoms with Gasteiger partial charge < -0.3 is 4.57 Å². The Morgan fingerprint density at radius 1 is 1.33 bits per heavy atom. The molecule has 0 saturated heterocycles. The van der Waals surface area contributed by atoms with Crippen LogP contribution in [-0.4, -0.2) is 13.0 Å². The van der Waals surface area contributed by atoms with Crippen molar-refractivity contribution in [3.63, 3.8) is 0 Å². The van der Waals surface area contributed by atoms with Gasteiger partial charge in [-0.05, 0) is 36.6 Å². The topological polar surface area (TPSA) is 51.4 Å². The fraction of sp³-hybridized carbons (Fsp3) is 0.154. The summed E-state index contributed by atoms with van der Waals surface area (Å²) in [4.78, 5) is 0.499. The Hall–Kier alpha value is -0.960. The van der Waals surface area contributed by atoms with Gasteiger partial charge in [0.1, 0.15) is 4.21 Å². The summed E-state index contributed by atoms with van der Waals surface area (Å²) in [6, 6.07) is 9.17. The van der Waals surface area contributed by atoms with Crippen LogP contribution in [0.1, 0.15) is 6.92 Å². The molecule has 0 atom stereocenters. The van der Waals surface area contributed by atoms with Crippen LogP contribution in [0, 0.1) is 0 Å². The average Bonchev–Trinajstić information content (AvgIpc) is 3.04. The molecule has 21 heavy (non-hydrogen) atoms. The molecule has 0 radical (unpaired) electrons. The van der Waals surface area contributed by atoms with Gasteiger partial charge in [-0.1, -0.05) is 33.3 Å². The van der Waals surface area contributed by atoms with Crippen LogP contribution in [0.3, 0.4) is 0 Å². The molecule has 3 aromatic rings. The molecule has 0 bridgehead atoms. The zero-order valence-corrected chi connectivity index (χ0v) is 15.0. The maximum absolute atomic E-state index is 12.3. The number of sulfonamides is 1. The summed E-state index contributed by atoms with van der Waals surface area (Å²) in [5, 5.41) is 1.73. The Labute approximate surface area is 138 Å².